The summed E-state index contributed by atoms with van der Waals surface area (Å²) in [6.07, 6.45) is 8.84. The van der Waals surface area contributed by atoms with Crippen molar-refractivity contribution in [2.75, 3.05) is 0 Å². The molecule has 26 heavy (non-hydrogen) atoms. The molecule has 0 heterocycles. The van der Waals surface area contributed by atoms with Gasteiger partial charge in [-0.3, -0.25) is 0 Å². The Morgan fingerprint density at radius 2 is 1.54 bits per heavy atom. The van der Waals surface area contributed by atoms with Crippen LogP contribution in [0.4, 0.5) is 0 Å². The molecule has 0 amide bonds. The summed E-state index contributed by atoms with van der Waals surface area (Å²) in [5.41, 5.74) is 1.04. The molecule has 4 heteroatoms. The standard InChI is InChI=1S/C22H34O3Si/c1-18(25-26(5,6)22(2,3)4)21(24)15-11-10-14-20(23)17-16-19-12-8-7-9-13-19/h7-18,20-21,23-24H,1-6H3/b14-10-,15-11-,17-16+. The van der Waals surface area contributed by atoms with Crippen LogP contribution in [0.25, 0.3) is 6.08 Å². The lowest BCUT2D eigenvalue weighted by Crippen LogP contribution is -2.45. The average Bonchev–Trinajstić information content (AvgIpc) is 2.56. The normalized spacial score (nSPS) is 17.2. The van der Waals surface area contributed by atoms with Crippen molar-refractivity contribution in [3.63, 3.8) is 0 Å². The SMILES string of the molecule is CC(O[Si](C)(C)C(C)(C)C)C(O)/C=C\C=C/C(O)/C=C/c1ccccc1. The van der Waals surface area contributed by atoms with Gasteiger partial charge in [0.25, 0.3) is 0 Å². The maximum atomic E-state index is 10.3. The van der Waals surface area contributed by atoms with Gasteiger partial charge in [-0.2, -0.15) is 0 Å². The Hall–Kier alpha value is -1.46. The van der Waals surface area contributed by atoms with Crippen molar-refractivity contribution in [2.45, 2.75) is 64.1 Å². The molecular formula is C22H34O3Si. The Morgan fingerprint density at radius 1 is 0.962 bits per heavy atom. The van der Waals surface area contributed by atoms with Crippen molar-refractivity contribution in [1.29, 1.82) is 0 Å². The van der Waals surface area contributed by atoms with Crippen LogP contribution < -0.4 is 0 Å². The summed E-state index contributed by atoms with van der Waals surface area (Å²) in [6, 6.07) is 9.83. The maximum absolute atomic E-state index is 10.3. The van der Waals surface area contributed by atoms with Gasteiger partial charge in [0.05, 0.1) is 18.3 Å². The minimum atomic E-state index is -1.90. The first kappa shape index (κ1) is 22.6. The average molecular weight is 375 g/mol. The molecule has 3 nitrogen and oxygen atoms in total. The summed E-state index contributed by atoms with van der Waals surface area (Å²) in [4.78, 5) is 0. The zero-order valence-electron chi connectivity index (χ0n) is 16.9. The minimum Gasteiger partial charge on any atom is -0.411 e. The van der Waals surface area contributed by atoms with Crippen LogP contribution in [0, 0.1) is 0 Å². The van der Waals surface area contributed by atoms with E-state index in [4.69, 9.17) is 4.43 Å². The summed E-state index contributed by atoms with van der Waals surface area (Å²) >= 11 is 0. The predicted molar refractivity (Wildman–Crippen MR) is 114 cm³/mol. The van der Waals surface area contributed by atoms with Crippen molar-refractivity contribution in [3.05, 3.63) is 66.3 Å². The minimum absolute atomic E-state index is 0.111. The van der Waals surface area contributed by atoms with E-state index in [1.54, 1.807) is 30.4 Å². The van der Waals surface area contributed by atoms with Gasteiger partial charge < -0.3 is 14.6 Å². The lowest BCUT2D eigenvalue weighted by molar-refractivity contribution is 0.0693. The van der Waals surface area contributed by atoms with Gasteiger partial charge in [-0.25, -0.2) is 0 Å². The second-order valence-electron chi connectivity index (χ2n) is 8.10. The number of aliphatic hydroxyl groups is 2. The number of hydrogen-bond donors (Lipinski definition) is 2. The third kappa shape index (κ3) is 7.83. The first-order valence-electron chi connectivity index (χ1n) is 9.15. The molecule has 3 unspecified atom stereocenters. The molecule has 0 saturated carbocycles. The second kappa shape index (κ2) is 10.0. The van der Waals surface area contributed by atoms with Crippen LogP contribution in [0.1, 0.15) is 33.3 Å². The fraction of sp³-hybridized carbons (Fsp3) is 0.455. The topological polar surface area (TPSA) is 49.7 Å². The summed E-state index contributed by atoms with van der Waals surface area (Å²) in [7, 11) is -1.90. The van der Waals surface area contributed by atoms with Crippen LogP contribution in [0.2, 0.25) is 18.1 Å². The zero-order valence-corrected chi connectivity index (χ0v) is 17.9. The fourth-order valence-corrected chi connectivity index (χ4v) is 3.48. The van der Waals surface area contributed by atoms with E-state index in [1.165, 1.54) is 0 Å². The molecule has 3 atom stereocenters. The molecule has 0 spiro atoms. The zero-order chi connectivity index (χ0) is 19.8. The Kier molecular flexibility index (Phi) is 8.70. The molecule has 0 bridgehead atoms. The van der Waals surface area contributed by atoms with Gasteiger partial charge in [0.2, 0.25) is 0 Å². The third-order valence-electron chi connectivity index (χ3n) is 4.78. The number of aliphatic hydroxyl groups excluding tert-OH is 2. The second-order valence-corrected chi connectivity index (χ2v) is 12.9. The van der Waals surface area contributed by atoms with Crippen molar-refractivity contribution in [1.82, 2.24) is 0 Å². The lowest BCUT2D eigenvalue weighted by Gasteiger charge is -2.39. The van der Waals surface area contributed by atoms with Crippen molar-refractivity contribution in [3.8, 4) is 0 Å². The summed E-state index contributed by atoms with van der Waals surface area (Å²) < 4.78 is 6.18. The summed E-state index contributed by atoms with van der Waals surface area (Å²) in [5, 5.41) is 20.3. The monoisotopic (exact) mass is 374 g/mol. The van der Waals surface area contributed by atoms with E-state index in [0.717, 1.165) is 5.56 Å². The van der Waals surface area contributed by atoms with Gasteiger partial charge in [-0.1, -0.05) is 87.6 Å². The highest BCUT2D eigenvalue weighted by Gasteiger charge is 2.39. The molecule has 0 aliphatic carbocycles. The maximum Gasteiger partial charge on any atom is 0.192 e. The molecule has 0 aliphatic rings. The third-order valence-corrected chi connectivity index (χ3v) is 9.35. The molecule has 1 aromatic carbocycles. The molecule has 0 aromatic heterocycles. The number of hydrogen-bond acceptors (Lipinski definition) is 3. The number of rotatable bonds is 8. The quantitative estimate of drug-likeness (QED) is 0.500. The molecule has 2 N–H and O–H groups in total. The van der Waals surface area contributed by atoms with Crippen LogP contribution in [0.15, 0.2) is 60.7 Å². The van der Waals surface area contributed by atoms with E-state index in [2.05, 4.69) is 33.9 Å². The Labute approximate surface area is 159 Å². The smallest absolute Gasteiger partial charge is 0.192 e. The van der Waals surface area contributed by atoms with Gasteiger partial charge >= 0.3 is 0 Å². The molecule has 0 radical (unpaired) electrons. The largest absolute Gasteiger partial charge is 0.411 e. The van der Waals surface area contributed by atoms with E-state index in [-0.39, 0.29) is 11.1 Å². The highest BCUT2D eigenvalue weighted by molar-refractivity contribution is 6.74. The molecule has 0 fully saturated rings. The van der Waals surface area contributed by atoms with Crippen LogP contribution in [0.3, 0.4) is 0 Å². The van der Waals surface area contributed by atoms with Gasteiger partial charge in [0, 0.05) is 0 Å². The molecule has 144 valence electrons. The summed E-state index contributed by atoms with van der Waals surface area (Å²) in [5.74, 6) is 0. The van der Waals surface area contributed by atoms with Gasteiger partial charge in [-0.05, 0) is 30.6 Å². The summed E-state index contributed by atoms with van der Waals surface area (Å²) in [6.45, 7) is 12.8. The highest BCUT2D eigenvalue weighted by atomic mass is 28.4. The van der Waals surface area contributed by atoms with E-state index in [0.29, 0.717) is 0 Å². The van der Waals surface area contributed by atoms with Crippen LogP contribution in [-0.2, 0) is 4.43 Å². The van der Waals surface area contributed by atoms with Crippen LogP contribution in [-0.4, -0.2) is 36.8 Å². The van der Waals surface area contributed by atoms with Gasteiger partial charge in [-0.15, -0.1) is 0 Å². The van der Waals surface area contributed by atoms with Crippen molar-refractivity contribution >= 4 is 14.4 Å². The predicted octanol–water partition coefficient (Wildman–Crippen LogP) is 4.94. The highest BCUT2D eigenvalue weighted by Crippen LogP contribution is 2.37. The first-order chi connectivity index (χ1) is 12.0. The number of benzene rings is 1. The van der Waals surface area contributed by atoms with Crippen molar-refractivity contribution in [2.24, 2.45) is 0 Å². The van der Waals surface area contributed by atoms with Gasteiger partial charge in [0.15, 0.2) is 8.32 Å². The Balaban J connectivity index is 2.51. The van der Waals surface area contributed by atoms with Crippen molar-refractivity contribution < 1.29 is 14.6 Å². The van der Waals surface area contributed by atoms with E-state index < -0.39 is 20.5 Å². The van der Waals surface area contributed by atoms with Crippen LogP contribution >= 0.6 is 0 Å². The van der Waals surface area contributed by atoms with E-state index in [1.807, 2.05) is 43.3 Å². The molecule has 0 aliphatic heterocycles. The Bertz CT molecular complexity index is 612. The molecule has 0 saturated heterocycles. The first-order valence-corrected chi connectivity index (χ1v) is 12.1. The molecule has 1 rings (SSSR count). The van der Waals surface area contributed by atoms with Gasteiger partial charge in [0.1, 0.15) is 0 Å². The van der Waals surface area contributed by atoms with E-state index >= 15 is 0 Å². The number of allylic oxidation sites excluding steroid dienone is 2. The molecular weight excluding hydrogens is 340 g/mol. The van der Waals surface area contributed by atoms with E-state index in [9.17, 15) is 10.2 Å². The molecule has 1 aromatic rings. The fourth-order valence-electron chi connectivity index (χ4n) is 2.06. The van der Waals surface area contributed by atoms with Crippen LogP contribution in [0.5, 0.6) is 0 Å². The Morgan fingerprint density at radius 3 is 2.12 bits per heavy atom. The lowest BCUT2D eigenvalue weighted by atomic mass is 10.2.